The molecule has 4 aromatic rings. The van der Waals surface area contributed by atoms with Crippen molar-refractivity contribution < 1.29 is 24.0 Å². The molecule has 0 radical (unpaired) electrons. The van der Waals surface area contributed by atoms with E-state index in [2.05, 4.69) is 0 Å². The highest BCUT2D eigenvalue weighted by Gasteiger charge is 2.40. The largest absolute Gasteiger partial charge is 0.289 e. The number of hydrogen-bond donors (Lipinski definition) is 0. The SMILES string of the molecule is CCc1cccc(CC)c1N1C(=O)c2ccc(C(=O)c3ccc4c(c3)C(=O)N(c3c(CC)cccc3CC)C4=O)cc2C1=O. The Kier molecular flexibility index (Phi) is 7.33. The van der Waals surface area contributed by atoms with Crippen LogP contribution in [0, 0.1) is 0 Å². The fourth-order valence-corrected chi connectivity index (χ4v) is 6.34. The lowest BCUT2D eigenvalue weighted by Crippen LogP contribution is -2.31. The minimum Gasteiger partial charge on any atom is -0.289 e. The van der Waals surface area contributed by atoms with Crippen LogP contribution in [0.5, 0.6) is 0 Å². The first kappa shape index (κ1) is 28.9. The van der Waals surface area contributed by atoms with Crippen LogP contribution in [0.2, 0.25) is 0 Å². The maximum atomic E-state index is 13.7. The molecule has 0 atom stereocenters. The van der Waals surface area contributed by atoms with Gasteiger partial charge in [-0.15, -0.1) is 0 Å². The molecular formula is C37H32N2O5. The summed E-state index contributed by atoms with van der Waals surface area (Å²) < 4.78 is 0. The van der Waals surface area contributed by atoms with E-state index in [0.29, 0.717) is 37.1 Å². The number of anilines is 2. The fraction of sp³-hybridized carbons (Fsp3) is 0.216. The zero-order valence-corrected chi connectivity index (χ0v) is 25.2. The molecule has 6 rings (SSSR count). The molecule has 0 spiro atoms. The van der Waals surface area contributed by atoms with E-state index in [4.69, 9.17) is 0 Å². The van der Waals surface area contributed by atoms with Crippen molar-refractivity contribution in [2.24, 2.45) is 0 Å². The van der Waals surface area contributed by atoms with Gasteiger partial charge in [0, 0.05) is 11.1 Å². The van der Waals surface area contributed by atoms with Gasteiger partial charge in [-0.05, 0) is 72.2 Å². The Hall–Kier alpha value is -5.17. The quantitative estimate of drug-likeness (QED) is 0.168. The highest BCUT2D eigenvalue weighted by atomic mass is 16.2. The molecule has 0 aromatic heterocycles. The minimum absolute atomic E-state index is 0.163. The number of fused-ring (bicyclic) bond motifs is 2. The Morgan fingerprint density at radius 3 is 1.11 bits per heavy atom. The van der Waals surface area contributed by atoms with Gasteiger partial charge in [0.2, 0.25) is 0 Å². The fourth-order valence-electron chi connectivity index (χ4n) is 6.34. The summed E-state index contributed by atoms with van der Waals surface area (Å²) in [6.07, 6.45) is 2.62. The second-order valence-electron chi connectivity index (χ2n) is 11.0. The van der Waals surface area contributed by atoms with Crippen LogP contribution in [-0.4, -0.2) is 29.4 Å². The minimum atomic E-state index is -0.470. The van der Waals surface area contributed by atoms with Crippen molar-refractivity contribution in [2.75, 3.05) is 9.80 Å². The van der Waals surface area contributed by atoms with E-state index in [1.807, 2.05) is 64.1 Å². The van der Waals surface area contributed by atoms with Crippen molar-refractivity contribution >= 4 is 40.8 Å². The van der Waals surface area contributed by atoms with Crippen molar-refractivity contribution in [1.82, 2.24) is 0 Å². The van der Waals surface area contributed by atoms with Gasteiger partial charge in [-0.2, -0.15) is 0 Å². The average molecular weight is 585 g/mol. The van der Waals surface area contributed by atoms with Gasteiger partial charge in [0.1, 0.15) is 0 Å². The highest BCUT2D eigenvalue weighted by Crippen LogP contribution is 2.37. The molecule has 7 nitrogen and oxygen atoms in total. The second-order valence-corrected chi connectivity index (χ2v) is 11.0. The summed E-state index contributed by atoms with van der Waals surface area (Å²) in [6.45, 7) is 7.92. The van der Waals surface area contributed by atoms with Crippen LogP contribution in [0.15, 0.2) is 72.8 Å². The lowest BCUT2D eigenvalue weighted by molar-refractivity contribution is 0.0910. The molecule has 0 saturated carbocycles. The van der Waals surface area contributed by atoms with Gasteiger partial charge in [0.05, 0.1) is 33.6 Å². The normalized spacial score (nSPS) is 14.0. The number of carbonyl (C=O) groups excluding carboxylic acids is 5. The Balaban J connectivity index is 1.34. The van der Waals surface area contributed by atoms with Crippen molar-refractivity contribution in [2.45, 2.75) is 53.4 Å². The van der Waals surface area contributed by atoms with Crippen LogP contribution in [0.4, 0.5) is 11.4 Å². The number of imide groups is 2. The lowest BCUT2D eigenvalue weighted by atomic mass is 9.96. The van der Waals surface area contributed by atoms with Gasteiger partial charge >= 0.3 is 0 Å². The zero-order chi connectivity index (χ0) is 31.3. The van der Waals surface area contributed by atoms with Gasteiger partial charge in [0.15, 0.2) is 5.78 Å². The zero-order valence-electron chi connectivity index (χ0n) is 25.2. The van der Waals surface area contributed by atoms with E-state index < -0.39 is 29.4 Å². The van der Waals surface area contributed by atoms with Crippen LogP contribution in [0.1, 0.15) is 107 Å². The number of benzene rings is 4. The maximum Gasteiger partial charge on any atom is 0.266 e. The Morgan fingerprint density at radius 1 is 0.477 bits per heavy atom. The maximum absolute atomic E-state index is 13.7. The first-order valence-electron chi connectivity index (χ1n) is 15.1. The highest BCUT2D eigenvalue weighted by molar-refractivity contribution is 6.36. The first-order chi connectivity index (χ1) is 21.2. The second kappa shape index (κ2) is 11.2. The van der Waals surface area contributed by atoms with E-state index in [1.54, 1.807) is 0 Å². The van der Waals surface area contributed by atoms with E-state index in [0.717, 1.165) is 22.3 Å². The number of ketones is 1. The van der Waals surface area contributed by atoms with Gasteiger partial charge in [0.25, 0.3) is 23.6 Å². The number of nitrogens with zero attached hydrogens (tertiary/aromatic N) is 2. The number of carbonyl (C=O) groups is 5. The molecule has 4 aromatic carbocycles. The van der Waals surface area contributed by atoms with Crippen molar-refractivity contribution in [3.63, 3.8) is 0 Å². The van der Waals surface area contributed by atoms with E-state index in [-0.39, 0.29) is 33.4 Å². The standard InChI is InChI=1S/C37H32N2O5/c1-5-21-11-9-12-22(6-2)31(21)38-34(41)27-17-15-25(19-29(27)36(38)43)33(40)26-16-18-28-30(20-26)37(44)39(35(28)42)32-23(7-3)13-10-14-24(32)8-4/h9-20H,5-8H2,1-4H3. The molecule has 44 heavy (non-hydrogen) atoms. The third-order valence-corrected chi connectivity index (χ3v) is 8.67. The van der Waals surface area contributed by atoms with Crippen molar-refractivity contribution in [1.29, 1.82) is 0 Å². The van der Waals surface area contributed by atoms with Crippen LogP contribution in [-0.2, 0) is 25.7 Å². The Morgan fingerprint density at radius 2 is 0.795 bits per heavy atom. The summed E-state index contributed by atoms with van der Waals surface area (Å²) in [6, 6.07) is 20.5. The molecule has 0 bridgehead atoms. The number of amides is 4. The molecule has 2 aliphatic heterocycles. The number of rotatable bonds is 8. The van der Waals surface area contributed by atoms with E-state index >= 15 is 0 Å². The summed E-state index contributed by atoms with van der Waals surface area (Å²) in [7, 11) is 0. The topological polar surface area (TPSA) is 91.8 Å². The molecular weight excluding hydrogens is 552 g/mol. The molecule has 7 heteroatoms. The summed E-state index contributed by atoms with van der Waals surface area (Å²) in [4.78, 5) is 70.4. The predicted molar refractivity (Wildman–Crippen MR) is 169 cm³/mol. The molecule has 220 valence electrons. The summed E-state index contributed by atoms with van der Waals surface area (Å²) in [5, 5.41) is 0. The number of aryl methyl sites for hydroxylation is 4. The van der Waals surface area contributed by atoms with Gasteiger partial charge < -0.3 is 0 Å². The molecule has 2 aliphatic rings. The van der Waals surface area contributed by atoms with E-state index in [1.165, 1.54) is 46.2 Å². The molecule has 0 unspecified atom stereocenters. The number of hydrogen-bond acceptors (Lipinski definition) is 5. The van der Waals surface area contributed by atoms with Crippen LogP contribution in [0.3, 0.4) is 0 Å². The Bertz CT molecular complexity index is 1740. The lowest BCUT2D eigenvalue weighted by Gasteiger charge is -2.21. The van der Waals surface area contributed by atoms with Crippen molar-refractivity contribution in [3.8, 4) is 0 Å². The van der Waals surface area contributed by atoms with Gasteiger partial charge in [-0.1, -0.05) is 76.2 Å². The van der Waals surface area contributed by atoms with Crippen molar-refractivity contribution in [3.05, 3.63) is 128 Å². The molecule has 0 fully saturated rings. The number of para-hydroxylation sites is 2. The molecule has 0 N–H and O–H groups in total. The van der Waals surface area contributed by atoms with Crippen LogP contribution in [0.25, 0.3) is 0 Å². The average Bonchev–Trinajstić information content (AvgIpc) is 3.45. The van der Waals surface area contributed by atoms with Gasteiger partial charge in [-0.25, -0.2) is 9.80 Å². The summed E-state index contributed by atoms with van der Waals surface area (Å²) in [5.74, 6) is -2.19. The smallest absolute Gasteiger partial charge is 0.266 e. The van der Waals surface area contributed by atoms with Gasteiger partial charge in [-0.3, -0.25) is 24.0 Å². The predicted octanol–water partition coefficient (Wildman–Crippen LogP) is 6.77. The molecule has 0 aliphatic carbocycles. The molecule has 2 heterocycles. The molecule has 0 saturated heterocycles. The first-order valence-corrected chi connectivity index (χ1v) is 15.1. The summed E-state index contributed by atoms with van der Waals surface area (Å²) in [5.41, 5.74) is 6.04. The third-order valence-electron chi connectivity index (χ3n) is 8.67. The van der Waals surface area contributed by atoms with E-state index in [9.17, 15) is 24.0 Å². The Labute approximate surface area is 256 Å². The molecule has 4 amide bonds. The van der Waals surface area contributed by atoms with Crippen LogP contribution < -0.4 is 9.80 Å². The monoisotopic (exact) mass is 584 g/mol. The third kappa shape index (κ3) is 4.30. The summed E-state index contributed by atoms with van der Waals surface area (Å²) >= 11 is 0. The van der Waals surface area contributed by atoms with Crippen LogP contribution >= 0.6 is 0 Å².